The highest BCUT2D eigenvalue weighted by molar-refractivity contribution is 5.07. The maximum absolute atomic E-state index is 7.76. The van der Waals surface area contributed by atoms with Gasteiger partial charge in [-0.1, -0.05) is 13.8 Å². The maximum atomic E-state index is 7.76. The zero-order valence-electron chi connectivity index (χ0n) is 7.73. The van der Waals surface area contributed by atoms with Crippen molar-refractivity contribution in [3.05, 3.63) is 11.8 Å². The van der Waals surface area contributed by atoms with Crippen LogP contribution in [0.5, 0.6) is 0 Å². The van der Waals surface area contributed by atoms with Gasteiger partial charge in [-0.15, -0.1) is 0 Å². The summed E-state index contributed by atoms with van der Waals surface area (Å²) in [6.45, 7) is 4.15. The van der Waals surface area contributed by atoms with Gasteiger partial charge in [0.2, 0.25) is 0 Å². The fraction of sp³-hybridized carbons (Fsp3) is 0.750. The van der Waals surface area contributed by atoms with E-state index in [1.807, 2.05) is 13.0 Å². The molecule has 0 amide bonds. The lowest BCUT2D eigenvalue weighted by Gasteiger charge is -2.06. The van der Waals surface area contributed by atoms with Gasteiger partial charge < -0.3 is 4.89 Å². The van der Waals surface area contributed by atoms with E-state index in [1.165, 1.54) is 0 Å². The molecular weight excluding hydrogens is 176 g/mol. The van der Waals surface area contributed by atoms with Crippen LogP contribution in [0.25, 0.3) is 0 Å². The molecule has 1 aliphatic carbocycles. The summed E-state index contributed by atoms with van der Waals surface area (Å²) in [5.74, 6) is 1.56. The van der Waals surface area contributed by atoms with Crippen molar-refractivity contribution in [2.75, 3.05) is 0 Å². The summed E-state index contributed by atoms with van der Waals surface area (Å²) in [6, 6.07) is 0. The first-order valence-corrected chi connectivity index (χ1v) is 4.31. The van der Waals surface area contributed by atoms with Crippen molar-refractivity contribution in [2.24, 2.45) is 11.8 Å². The van der Waals surface area contributed by atoms with E-state index < -0.39 is 0 Å². The smallest absolute Gasteiger partial charge is 0.145 e. The SMILES string of the molecule is CCC1C=C(OOOOO)C(C)C1. The molecule has 1 rings (SSSR count). The molecule has 0 spiro atoms. The summed E-state index contributed by atoms with van der Waals surface area (Å²) in [6.07, 6.45) is 4.12. The number of hydrogen-bond donors (Lipinski definition) is 1. The molecule has 0 heterocycles. The topological polar surface area (TPSA) is 57.2 Å². The lowest BCUT2D eigenvalue weighted by atomic mass is 10.0. The van der Waals surface area contributed by atoms with E-state index in [1.54, 1.807) is 0 Å². The number of rotatable bonds is 5. The Morgan fingerprint density at radius 3 is 2.85 bits per heavy atom. The highest BCUT2D eigenvalue weighted by Crippen LogP contribution is 2.32. The van der Waals surface area contributed by atoms with Crippen LogP contribution < -0.4 is 0 Å². The fourth-order valence-electron chi connectivity index (χ4n) is 1.49. The Hall–Kier alpha value is -0.620. The van der Waals surface area contributed by atoms with Gasteiger partial charge in [-0.3, -0.25) is 0 Å². The van der Waals surface area contributed by atoms with Crippen LogP contribution in [0.2, 0.25) is 0 Å². The van der Waals surface area contributed by atoms with Crippen LogP contribution in [0.1, 0.15) is 26.7 Å². The fourth-order valence-corrected chi connectivity index (χ4v) is 1.49. The zero-order valence-corrected chi connectivity index (χ0v) is 7.73. The van der Waals surface area contributed by atoms with Gasteiger partial charge in [-0.2, -0.15) is 0 Å². The quantitative estimate of drug-likeness (QED) is 0.409. The van der Waals surface area contributed by atoms with Crippen LogP contribution in [0.3, 0.4) is 0 Å². The predicted octanol–water partition coefficient (Wildman–Crippen LogP) is 2.22. The summed E-state index contributed by atoms with van der Waals surface area (Å²) in [7, 11) is 0. The van der Waals surface area contributed by atoms with Crippen LogP contribution in [0, 0.1) is 11.8 Å². The summed E-state index contributed by atoms with van der Waals surface area (Å²) >= 11 is 0. The van der Waals surface area contributed by atoms with Crippen molar-refractivity contribution in [1.29, 1.82) is 0 Å². The van der Waals surface area contributed by atoms with E-state index in [2.05, 4.69) is 22.0 Å². The summed E-state index contributed by atoms with van der Waals surface area (Å²) < 4.78 is 0. The van der Waals surface area contributed by atoms with Crippen LogP contribution in [0.15, 0.2) is 11.8 Å². The highest BCUT2D eigenvalue weighted by Gasteiger charge is 2.24. The Balaban J connectivity index is 2.31. The van der Waals surface area contributed by atoms with E-state index in [4.69, 9.17) is 10.1 Å². The Morgan fingerprint density at radius 1 is 1.54 bits per heavy atom. The number of allylic oxidation sites excluding steroid dienone is 2. The third kappa shape index (κ3) is 2.96. The highest BCUT2D eigenvalue weighted by atomic mass is 17.8. The van der Waals surface area contributed by atoms with Crippen LogP contribution >= 0.6 is 0 Å². The van der Waals surface area contributed by atoms with E-state index in [9.17, 15) is 0 Å². The third-order valence-electron chi connectivity index (χ3n) is 2.25. The summed E-state index contributed by atoms with van der Waals surface area (Å²) in [4.78, 5) is 4.74. The maximum Gasteiger partial charge on any atom is 0.145 e. The Kier molecular flexibility index (Phi) is 4.17. The van der Waals surface area contributed by atoms with Gasteiger partial charge in [0.15, 0.2) is 0 Å². The Bertz CT molecular complexity index is 179. The third-order valence-corrected chi connectivity index (χ3v) is 2.25. The van der Waals surface area contributed by atoms with Crippen molar-refractivity contribution in [1.82, 2.24) is 0 Å². The first kappa shape index (κ1) is 10.5. The van der Waals surface area contributed by atoms with Gasteiger partial charge in [0, 0.05) is 16.0 Å². The first-order valence-electron chi connectivity index (χ1n) is 4.31. The second-order valence-electron chi connectivity index (χ2n) is 3.17. The molecule has 0 aromatic rings. The molecule has 0 aromatic carbocycles. The van der Waals surface area contributed by atoms with E-state index in [0.717, 1.165) is 12.8 Å². The Morgan fingerprint density at radius 2 is 2.31 bits per heavy atom. The molecule has 0 bridgehead atoms. The van der Waals surface area contributed by atoms with Crippen molar-refractivity contribution >= 4 is 0 Å². The normalized spacial score (nSPS) is 27.5. The lowest BCUT2D eigenvalue weighted by molar-refractivity contribution is -0.696. The van der Waals surface area contributed by atoms with Gasteiger partial charge in [0.05, 0.1) is 0 Å². The minimum Gasteiger partial charge on any atom is -0.311 e. The Labute approximate surface area is 76.6 Å². The molecular formula is C8H14O5. The van der Waals surface area contributed by atoms with Gasteiger partial charge in [-0.25, -0.2) is 5.26 Å². The second kappa shape index (κ2) is 5.18. The molecule has 0 aliphatic heterocycles. The predicted molar refractivity (Wildman–Crippen MR) is 42.6 cm³/mol. The molecule has 0 radical (unpaired) electrons. The van der Waals surface area contributed by atoms with Crippen LogP contribution in [0.4, 0.5) is 0 Å². The first-order chi connectivity index (χ1) is 6.27. The zero-order chi connectivity index (χ0) is 9.68. The molecule has 13 heavy (non-hydrogen) atoms. The molecule has 0 aromatic heterocycles. The molecule has 0 saturated carbocycles. The van der Waals surface area contributed by atoms with Gasteiger partial charge in [0.1, 0.15) is 5.76 Å². The molecule has 2 atom stereocenters. The minimum absolute atomic E-state index is 0.312. The molecule has 0 saturated heterocycles. The van der Waals surface area contributed by atoms with Crippen LogP contribution in [-0.2, 0) is 20.0 Å². The number of hydrogen-bond acceptors (Lipinski definition) is 5. The monoisotopic (exact) mass is 190 g/mol. The molecule has 5 nitrogen and oxygen atoms in total. The van der Waals surface area contributed by atoms with Gasteiger partial charge in [0.25, 0.3) is 0 Å². The van der Waals surface area contributed by atoms with Crippen molar-refractivity contribution in [3.8, 4) is 0 Å². The molecule has 1 aliphatic rings. The average Bonchev–Trinajstić information content (AvgIpc) is 2.48. The lowest BCUT2D eigenvalue weighted by Crippen LogP contribution is -2.01. The van der Waals surface area contributed by atoms with Crippen molar-refractivity contribution in [2.45, 2.75) is 26.7 Å². The van der Waals surface area contributed by atoms with Gasteiger partial charge >= 0.3 is 0 Å². The largest absolute Gasteiger partial charge is 0.311 e. The van der Waals surface area contributed by atoms with Gasteiger partial charge in [-0.05, 0) is 29.9 Å². The van der Waals surface area contributed by atoms with Crippen molar-refractivity contribution < 1.29 is 25.3 Å². The van der Waals surface area contributed by atoms with Crippen LogP contribution in [-0.4, -0.2) is 5.26 Å². The van der Waals surface area contributed by atoms with E-state index >= 15 is 0 Å². The minimum atomic E-state index is 0.312. The summed E-state index contributed by atoms with van der Waals surface area (Å²) in [5, 5.41) is 18.8. The second-order valence-corrected chi connectivity index (χ2v) is 3.17. The van der Waals surface area contributed by atoms with E-state index in [-0.39, 0.29) is 0 Å². The standard InChI is InChI=1S/C8H14O5/c1-3-7-4-6(2)8(5-7)10-12-13-11-9/h5-7,9H,3-4H2,1-2H3. The van der Waals surface area contributed by atoms with Crippen molar-refractivity contribution in [3.63, 3.8) is 0 Å². The van der Waals surface area contributed by atoms with E-state index in [0.29, 0.717) is 17.6 Å². The molecule has 2 unspecified atom stereocenters. The average molecular weight is 190 g/mol. The summed E-state index contributed by atoms with van der Waals surface area (Å²) in [5.41, 5.74) is 0. The molecule has 1 N–H and O–H groups in total. The molecule has 76 valence electrons. The molecule has 5 heteroatoms. The molecule has 0 fully saturated rings.